The number of nitrogens with zero attached hydrogens (tertiary/aromatic N) is 4. The van der Waals surface area contributed by atoms with Crippen molar-refractivity contribution < 1.29 is 4.79 Å². The van der Waals surface area contributed by atoms with E-state index in [1.807, 2.05) is 31.2 Å². The molecule has 6 nitrogen and oxygen atoms in total. The largest absolute Gasteiger partial charge is 0.366 e. The first-order valence-corrected chi connectivity index (χ1v) is 8.86. The monoisotopic (exact) mass is 345 g/mol. The van der Waals surface area contributed by atoms with Crippen molar-refractivity contribution in [3.8, 4) is 22.6 Å². The maximum Gasteiger partial charge on any atom is 0.250 e. The van der Waals surface area contributed by atoms with Gasteiger partial charge < -0.3 is 10.3 Å². The molecular weight excluding hydrogens is 326 g/mol. The molecule has 1 saturated carbocycles. The van der Waals surface area contributed by atoms with E-state index in [1.165, 1.54) is 6.20 Å². The molecule has 130 valence electrons. The molecular formula is C20H19N5O. The molecule has 2 N–H and O–H groups in total. The van der Waals surface area contributed by atoms with E-state index in [9.17, 15) is 4.79 Å². The third-order valence-corrected chi connectivity index (χ3v) is 5.60. The second kappa shape index (κ2) is 5.24. The topological polar surface area (TPSA) is 86.7 Å². The lowest BCUT2D eigenvalue weighted by Gasteiger charge is -2.12. The van der Waals surface area contributed by atoms with Crippen LogP contribution in [0.4, 0.5) is 0 Å². The lowest BCUT2D eigenvalue weighted by Crippen LogP contribution is -2.14. The summed E-state index contributed by atoms with van der Waals surface area (Å²) in [5.74, 6) is 1.66. The maximum atomic E-state index is 12.0. The fourth-order valence-corrected chi connectivity index (χ4v) is 4.24. The molecule has 5 rings (SSSR count). The Morgan fingerprint density at radius 2 is 2.12 bits per heavy atom. The van der Waals surface area contributed by atoms with E-state index in [0.717, 1.165) is 40.6 Å². The van der Waals surface area contributed by atoms with Crippen molar-refractivity contribution in [3.05, 3.63) is 53.7 Å². The molecule has 1 aliphatic carbocycles. The van der Waals surface area contributed by atoms with Gasteiger partial charge in [0.05, 0.1) is 17.0 Å². The second-order valence-electron chi connectivity index (χ2n) is 7.24. The molecule has 0 aromatic carbocycles. The van der Waals surface area contributed by atoms with Gasteiger partial charge in [-0.2, -0.15) is 0 Å². The van der Waals surface area contributed by atoms with Gasteiger partial charge in [0.2, 0.25) is 0 Å². The molecule has 0 spiro atoms. The van der Waals surface area contributed by atoms with Crippen molar-refractivity contribution in [1.82, 2.24) is 19.5 Å². The molecule has 1 unspecified atom stereocenters. The highest BCUT2D eigenvalue weighted by atomic mass is 16.1. The number of carbonyl (C=O) groups is 1. The van der Waals surface area contributed by atoms with E-state index in [2.05, 4.69) is 21.5 Å². The van der Waals surface area contributed by atoms with Crippen molar-refractivity contribution in [3.63, 3.8) is 0 Å². The molecule has 3 atom stereocenters. The van der Waals surface area contributed by atoms with Gasteiger partial charge in [-0.25, -0.2) is 4.98 Å². The average Bonchev–Trinajstić information content (AvgIpc) is 3.25. The highest BCUT2D eigenvalue weighted by Gasteiger charge is 2.53. The summed E-state index contributed by atoms with van der Waals surface area (Å²) in [7, 11) is 0. The first-order chi connectivity index (χ1) is 12.6. The number of amides is 1. The van der Waals surface area contributed by atoms with Crippen LogP contribution in [0.5, 0.6) is 0 Å². The quantitative estimate of drug-likeness (QED) is 0.790. The fourth-order valence-electron chi connectivity index (χ4n) is 4.24. The Hall–Kier alpha value is -3.02. The van der Waals surface area contributed by atoms with Gasteiger partial charge in [-0.15, -0.1) is 0 Å². The predicted octanol–water partition coefficient (Wildman–Crippen LogP) is 3.09. The third kappa shape index (κ3) is 2.05. The van der Waals surface area contributed by atoms with Crippen molar-refractivity contribution in [2.45, 2.75) is 32.2 Å². The van der Waals surface area contributed by atoms with Gasteiger partial charge in [-0.05, 0) is 37.5 Å². The minimum Gasteiger partial charge on any atom is -0.366 e. The van der Waals surface area contributed by atoms with Crippen molar-refractivity contribution in [1.29, 1.82) is 0 Å². The molecule has 3 aromatic heterocycles. The normalized spacial score (nSPS) is 22.8. The number of hydrogen-bond donors (Lipinski definition) is 1. The number of fused-ring (bicyclic) bond motifs is 3. The van der Waals surface area contributed by atoms with Crippen LogP contribution in [0.3, 0.4) is 0 Å². The molecule has 3 aromatic rings. The summed E-state index contributed by atoms with van der Waals surface area (Å²) in [6.07, 6.45) is 4.39. The molecule has 26 heavy (non-hydrogen) atoms. The molecule has 1 fully saturated rings. The minimum atomic E-state index is -0.481. The molecule has 1 aliphatic heterocycles. The van der Waals surface area contributed by atoms with Crippen molar-refractivity contribution in [2.24, 2.45) is 11.7 Å². The zero-order chi connectivity index (χ0) is 18.0. The van der Waals surface area contributed by atoms with Crippen LogP contribution in [0.2, 0.25) is 0 Å². The SMILES string of the molecule is Cc1cccc(-c2nc3n(c2-c2ccncc2C(N)=O)[C@H]2CC2[C@@H]3C)n1. The minimum absolute atomic E-state index is 0.413. The summed E-state index contributed by atoms with van der Waals surface area (Å²) in [6, 6.07) is 8.22. The van der Waals surface area contributed by atoms with E-state index in [-0.39, 0.29) is 0 Å². The summed E-state index contributed by atoms with van der Waals surface area (Å²) >= 11 is 0. The Bertz CT molecular complexity index is 1050. The van der Waals surface area contributed by atoms with Crippen LogP contribution in [0, 0.1) is 12.8 Å². The van der Waals surface area contributed by atoms with Gasteiger partial charge in [-0.3, -0.25) is 14.8 Å². The second-order valence-corrected chi connectivity index (χ2v) is 7.24. The van der Waals surface area contributed by atoms with Crippen LogP contribution in [0.25, 0.3) is 22.6 Å². The van der Waals surface area contributed by atoms with Gasteiger partial charge in [-0.1, -0.05) is 13.0 Å². The van der Waals surface area contributed by atoms with Crippen molar-refractivity contribution in [2.75, 3.05) is 0 Å². The molecule has 4 heterocycles. The highest BCUT2D eigenvalue weighted by Crippen LogP contribution is 2.60. The van der Waals surface area contributed by atoms with E-state index in [0.29, 0.717) is 23.4 Å². The number of aryl methyl sites for hydroxylation is 1. The molecule has 0 radical (unpaired) electrons. The number of rotatable bonds is 3. The standard InChI is InChI=1S/C20H19N5O/c1-10-4-3-5-15(23-10)17-18(12-6-7-22-9-14(12)19(21)26)25-16-8-13(16)11(2)20(25)24-17/h3-7,9,11,13,16H,8H2,1-2H3,(H2,21,26)/t11-,13?,16-/m0/s1. The summed E-state index contributed by atoms with van der Waals surface area (Å²) in [4.78, 5) is 25.7. The number of hydrogen-bond acceptors (Lipinski definition) is 4. The summed E-state index contributed by atoms with van der Waals surface area (Å²) in [6.45, 7) is 4.20. The summed E-state index contributed by atoms with van der Waals surface area (Å²) in [5, 5.41) is 0. The summed E-state index contributed by atoms with van der Waals surface area (Å²) < 4.78 is 2.30. The first-order valence-electron chi connectivity index (χ1n) is 8.86. The van der Waals surface area contributed by atoms with Crippen LogP contribution in [-0.4, -0.2) is 25.4 Å². The van der Waals surface area contributed by atoms with Gasteiger partial charge >= 0.3 is 0 Å². The predicted molar refractivity (Wildman–Crippen MR) is 97.5 cm³/mol. The summed E-state index contributed by atoms with van der Waals surface area (Å²) in [5.41, 5.74) is 10.3. The lowest BCUT2D eigenvalue weighted by atomic mass is 10.0. The van der Waals surface area contributed by atoms with E-state index in [4.69, 9.17) is 10.7 Å². The zero-order valence-corrected chi connectivity index (χ0v) is 14.7. The Morgan fingerprint density at radius 3 is 2.88 bits per heavy atom. The van der Waals surface area contributed by atoms with Crippen LogP contribution in [0.1, 0.15) is 47.2 Å². The van der Waals surface area contributed by atoms with E-state index < -0.39 is 5.91 Å². The Balaban J connectivity index is 1.82. The zero-order valence-electron chi connectivity index (χ0n) is 14.7. The number of nitrogens with two attached hydrogens (primary N) is 1. The molecule has 0 saturated heterocycles. The van der Waals surface area contributed by atoms with E-state index in [1.54, 1.807) is 6.20 Å². The van der Waals surface area contributed by atoms with Gasteiger partial charge in [0.1, 0.15) is 11.5 Å². The fraction of sp³-hybridized carbons (Fsp3) is 0.300. The third-order valence-electron chi connectivity index (χ3n) is 5.60. The lowest BCUT2D eigenvalue weighted by molar-refractivity contribution is 0.100. The maximum absolute atomic E-state index is 12.0. The number of aromatic nitrogens is 4. The Morgan fingerprint density at radius 1 is 1.27 bits per heavy atom. The average molecular weight is 345 g/mol. The number of primary amides is 1. The van der Waals surface area contributed by atoms with Gasteiger partial charge in [0, 0.05) is 35.6 Å². The number of pyridine rings is 2. The van der Waals surface area contributed by atoms with Crippen LogP contribution in [-0.2, 0) is 0 Å². The van der Waals surface area contributed by atoms with Crippen LogP contribution >= 0.6 is 0 Å². The molecule has 6 heteroatoms. The molecule has 2 aliphatic rings. The van der Waals surface area contributed by atoms with E-state index >= 15 is 0 Å². The molecule has 1 amide bonds. The van der Waals surface area contributed by atoms with Crippen molar-refractivity contribution >= 4 is 5.91 Å². The highest BCUT2D eigenvalue weighted by molar-refractivity contribution is 6.00. The van der Waals surface area contributed by atoms with Crippen LogP contribution in [0.15, 0.2) is 36.7 Å². The Kier molecular flexibility index (Phi) is 3.07. The van der Waals surface area contributed by atoms with Gasteiger partial charge in [0.15, 0.2) is 0 Å². The first kappa shape index (κ1) is 15.3. The number of carbonyl (C=O) groups excluding carboxylic acids is 1. The smallest absolute Gasteiger partial charge is 0.250 e. The molecule has 0 bridgehead atoms. The number of imidazole rings is 1. The van der Waals surface area contributed by atoms with Gasteiger partial charge in [0.25, 0.3) is 5.91 Å². The van der Waals surface area contributed by atoms with Crippen LogP contribution < -0.4 is 5.73 Å². The Labute approximate surface area is 151 Å².